The molecule has 3 aromatic rings. The minimum absolute atomic E-state index is 0.0569. The van der Waals surface area contributed by atoms with E-state index in [4.69, 9.17) is 9.47 Å². The van der Waals surface area contributed by atoms with Crippen LogP contribution in [0.2, 0.25) is 0 Å². The van der Waals surface area contributed by atoms with E-state index in [0.29, 0.717) is 34.8 Å². The number of amides is 2. The summed E-state index contributed by atoms with van der Waals surface area (Å²) in [6, 6.07) is 13.3. The Kier molecular flexibility index (Phi) is 6.09. The van der Waals surface area contributed by atoms with E-state index in [9.17, 15) is 9.59 Å². The molecule has 1 aliphatic heterocycles. The number of para-hydroxylation sites is 1. The Morgan fingerprint density at radius 3 is 2.65 bits per heavy atom. The van der Waals surface area contributed by atoms with Crippen LogP contribution in [-0.2, 0) is 13.1 Å². The summed E-state index contributed by atoms with van der Waals surface area (Å²) < 4.78 is 10.7. The van der Waals surface area contributed by atoms with Crippen molar-refractivity contribution in [1.82, 2.24) is 15.2 Å². The maximum Gasteiger partial charge on any atom is 0.273 e. The molecule has 1 aliphatic carbocycles. The molecule has 176 valence electrons. The third-order valence-corrected chi connectivity index (χ3v) is 6.96. The first-order valence-corrected chi connectivity index (χ1v) is 11.8. The van der Waals surface area contributed by atoms with Gasteiger partial charge in [0.1, 0.15) is 17.2 Å². The van der Waals surface area contributed by atoms with Crippen molar-refractivity contribution in [3.63, 3.8) is 0 Å². The monoisotopic (exact) mass is 459 g/mol. The highest BCUT2D eigenvalue weighted by Crippen LogP contribution is 2.35. The molecule has 34 heavy (non-hydrogen) atoms. The van der Waals surface area contributed by atoms with Crippen molar-refractivity contribution in [2.24, 2.45) is 0 Å². The average Bonchev–Trinajstić information content (AvgIpc) is 3.21. The zero-order valence-electron chi connectivity index (χ0n) is 19.6. The van der Waals surface area contributed by atoms with Crippen LogP contribution in [0.3, 0.4) is 0 Å². The van der Waals surface area contributed by atoms with Gasteiger partial charge in [0.25, 0.3) is 11.8 Å². The van der Waals surface area contributed by atoms with Gasteiger partial charge in [0.05, 0.1) is 25.3 Å². The van der Waals surface area contributed by atoms with E-state index >= 15 is 0 Å². The number of benzene rings is 2. The molecule has 1 fully saturated rings. The first-order valence-electron chi connectivity index (χ1n) is 11.8. The highest BCUT2D eigenvalue weighted by Gasteiger charge is 2.38. The van der Waals surface area contributed by atoms with Gasteiger partial charge >= 0.3 is 0 Å². The van der Waals surface area contributed by atoms with Crippen molar-refractivity contribution in [2.75, 3.05) is 14.2 Å². The van der Waals surface area contributed by atoms with Crippen LogP contribution < -0.4 is 14.8 Å². The second-order valence-corrected chi connectivity index (χ2v) is 8.92. The predicted octanol–water partition coefficient (Wildman–Crippen LogP) is 4.47. The first-order chi connectivity index (χ1) is 16.6. The van der Waals surface area contributed by atoms with Crippen LogP contribution in [0.5, 0.6) is 11.5 Å². The number of nitrogens with one attached hydrogen (secondary N) is 1. The van der Waals surface area contributed by atoms with Gasteiger partial charge in [-0.25, -0.2) is 4.98 Å². The summed E-state index contributed by atoms with van der Waals surface area (Å²) in [4.78, 5) is 33.5. The minimum atomic E-state index is -0.217. The van der Waals surface area contributed by atoms with Gasteiger partial charge in [-0.3, -0.25) is 9.59 Å². The second kappa shape index (κ2) is 9.33. The number of nitrogens with zero attached hydrogens (tertiary/aromatic N) is 2. The maximum absolute atomic E-state index is 13.6. The van der Waals surface area contributed by atoms with Crippen molar-refractivity contribution >= 4 is 22.7 Å². The molecule has 2 amide bonds. The summed E-state index contributed by atoms with van der Waals surface area (Å²) in [5.41, 5.74) is 3.18. The number of rotatable bonds is 6. The first kappa shape index (κ1) is 22.2. The molecule has 7 heteroatoms. The van der Waals surface area contributed by atoms with Crippen LogP contribution in [0.25, 0.3) is 10.9 Å². The largest absolute Gasteiger partial charge is 0.497 e. The second-order valence-electron chi connectivity index (χ2n) is 8.92. The molecule has 2 aliphatic rings. The number of ether oxygens (including phenoxy) is 2. The van der Waals surface area contributed by atoms with Gasteiger partial charge in [0, 0.05) is 41.7 Å². The third kappa shape index (κ3) is 3.95. The maximum atomic E-state index is 13.6. The van der Waals surface area contributed by atoms with Crippen LogP contribution in [0.4, 0.5) is 0 Å². The lowest BCUT2D eigenvalue weighted by molar-refractivity contribution is 0.0655. The number of hydrogen-bond acceptors (Lipinski definition) is 5. The molecule has 0 atom stereocenters. The summed E-state index contributed by atoms with van der Waals surface area (Å²) in [6.07, 6.45) is 5.51. The summed E-state index contributed by atoms with van der Waals surface area (Å²) in [5, 5.41) is 3.80. The van der Waals surface area contributed by atoms with Crippen LogP contribution in [0, 0.1) is 0 Å². The zero-order valence-corrected chi connectivity index (χ0v) is 19.6. The van der Waals surface area contributed by atoms with E-state index in [2.05, 4.69) is 10.3 Å². The molecule has 0 saturated heterocycles. The topological polar surface area (TPSA) is 80.8 Å². The molecular weight excluding hydrogens is 430 g/mol. The van der Waals surface area contributed by atoms with E-state index in [-0.39, 0.29) is 24.4 Å². The fourth-order valence-electron chi connectivity index (χ4n) is 5.17. The smallest absolute Gasteiger partial charge is 0.273 e. The Balaban J connectivity index is 1.48. The number of pyridine rings is 1. The van der Waals surface area contributed by atoms with Crippen molar-refractivity contribution in [2.45, 2.75) is 51.2 Å². The lowest BCUT2D eigenvalue weighted by Gasteiger charge is -2.30. The van der Waals surface area contributed by atoms with Gasteiger partial charge in [-0.05, 0) is 31.0 Å². The third-order valence-electron chi connectivity index (χ3n) is 6.96. The number of methoxy groups -OCH3 is 2. The zero-order chi connectivity index (χ0) is 23.7. The lowest BCUT2D eigenvalue weighted by atomic mass is 9.94. The quantitative estimate of drug-likeness (QED) is 0.588. The Morgan fingerprint density at radius 1 is 1.09 bits per heavy atom. The van der Waals surface area contributed by atoms with Crippen LogP contribution in [0.15, 0.2) is 42.5 Å². The average molecular weight is 460 g/mol. The molecule has 0 bridgehead atoms. The van der Waals surface area contributed by atoms with Crippen LogP contribution in [-0.4, -0.2) is 42.0 Å². The van der Waals surface area contributed by atoms with Gasteiger partial charge in [-0.2, -0.15) is 0 Å². The molecule has 5 rings (SSSR count). The number of hydrogen-bond donors (Lipinski definition) is 1. The molecular formula is C27H29N3O4. The molecule has 2 aromatic carbocycles. The van der Waals surface area contributed by atoms with Gasteiger partial charge in [-0.15, -0.1) is 0 Å². The van der Waals surface area contributed by atoms with Gasteiger partial charge in [-0.1, -0.05) is 37.5 Å². The lowest BCUT2D eigenvalue weighted by Crippen LogP contribution is -2.37. The van der Waals surface area contributed by atoms with Crippen molar-refractivity contribution in [1.29, 1.82) is 0 Å². The summed E-state index contributed by atoms with van der Waals surface area (Å²) in [7, 11) is 3.19. The highest BCUT2D eigenvalue weighted by atomic mass is 16.5. The Labute approximate surface area is 199 Å². The van der Waals surface area contributed by atoms with E-state index in [1.807, 2.05) is 41.3 Å². The molecule has 1 aromatic heterocycles. The number of carbonyl (C=O) groups excluding carboxylic acids is 2. The summed E-state index contributed by atoms with van der Waals surface area (Å²) >= 11 is 0. The highest BCUT2D eigenvalue weighted by molar-refractivity contribution is 6.11. The number of fused-ring (bicyclic) bond motifs is 2. The molecule has 7 nitrogen and oxygen atoms in total. The molecule has 1 N–H and O–H groups in total. The SMILES string of the molecule is COc1ccc(CNC(=O)c2c3c(nc4ccccc24)C(=O)N(C2CCCCC2)C3)c(OC)c1. The Morgan fingerprint density at radius 2 is 1.88 bits per heavy atom. The van der Waals surface area contributed by atoms with E-state index in [1.54, 1.807) is 20.3 Å². The van der Waals surface area contributed by atoms with Gasteiger partial charge in [0.2, 0.25) is 0 Å². The molecule has 0 radical (unpaired) electrons. The van der Waals surface area contributed by atoms with Gasteiger partial charge < -0.3 is 19.7 Å². The summed E-state index contributed by atoms with van der Waals surface area (Å²) in [5.74, 6) is 1.05. The van der Waals surface area contributed by atoms with Crippen molar-refractivity contribution in [3.05, 3.63) is 64.8 Å². The molecule has 1 saturated carbocycles. The van der Waals surface area contributed by atoms with Crippen LogP contribution in [0.1, 0.15) is 64.1 Å². The Hall–Kier alpha value is -3.61. The predicted molar refractivity (Wildman–Crippen MR) is 129 cm³/mol. The molecule has 0 spiro atoms. The Bertz CT molecular complexity index is 1250. The van der Waals surface area contributed by atoms with Crippen LogP contribution >= 0.6 is 0 Å². The normalized spacial score (nSPS) is 15.9. The van der Waals surface area contributed by atoms with Gasteiger partial charge in [0.15, 0.2) is 0 Å². The molecule has 0 unspecified atom stereocenters. The minimum Gasteiger partial charge on any atom is -0.497 e. The fraction of sp³-hybridized carbons (Fsp3) is 0.370. The van der Waals surface area contributed by atoms with E-state index in [0.717, 1.165) is 42.2 Å². The van der Waals surface area contributed by atoms with E-state index in [1.165, 1.54) is 6.42 Å². The standard InChI is InChI=1S/C27H29N3O4/c1-33-19-13-12-17(23(14-19)34-2)15-28-26(31)24-20-10-6-7-11-22(20)29-25-21(24)16-30(27(25)32)18-8-4-3-5-9-18/h6-7,10-14,18H,3-5,8-9,15-16H2,1-2H3,(H,28,31). The summed E-state index contributed by atoms with van der Waals surface area (Å²) in [6.45, 7) is 0.725. The van der Waals surface area contributed by atoms with E-state index < -0.39 is 0 Å². The van der Waals surface area contributed by atoms with Crippen molar-refractivity contribution in [3.8, 4) is 11.5 Å². The number of aromatic nitrogens is 1. The molecule has 2 heterocycles. The number of carbonyl (C=O) groups is 2. The van der Waals surface area contributed by atoms with Crippen molar-refractivity contribution < 1.29 is 19.1 Å². The fourth-order valence-corrected chi connectivity index (χ4v) is 5.17.